The Bertz CT molecular complexity index is 381. The first-order valence-corrected chi connectivity index (χ1v) is 5.42. The summed E-state index contributed by atoms with van der Waals surface area (Å²) < 4.78 is 0. The third kappa shape index (κ3) is 3.35. The molecule has 0 saturated carbocycles. The fourth-order valence-electron chi connectivity index (χ4n) is 1.04. The summed E-state index contributed by atoms with van der Waals surface area (Å²) in [5.74, 6) is 1.61. The van der Waals surface area contributed by atoms with Crippen LogP contribution in [-0.4, -0.2) is 22.1 Å². The second kappa shape index (κ2) is 5.49. The monoisotopic (exact) mass is 224 g/mol. The zero-order chi connectivity index (χ0) is 11.3. The minimum atomic E-state index is -0.991. The van der Waals surface area contributed by atoms with Crippen molar-refractivity contribution in [1.82, 2.24) is 10.3 Å². The fourth-order valence-corrected chi connectivity index (χ4v) is 1.69. The van der Waals surface area contributed by atoms with Gasteiger partial charge in [-0.1, -0.05) is 12.8 Å². The molecule has 0 spiro atoms. The van der Waals surface area contributed by atoms with Gasteiger partial charge < -0.3 is 5.11 Å². The van der Waals surface area contributed by atoms with E-state index in [1.807, 2.05) is 6.92 Å². The van der Waals surface area contributed by atoms with Crippen molar-refractivity contribution in [3.63, 3.8) is 0 Å². The Balaban J connectivity index is 2.51. The quantitative estimate of drug-likeness (QED) is 0.741. The van der Waals surface area contributed by atoms with Crippen molar-refractivity contribution in [3.8, 4) is 12.3 Å². The van der Waals surface area contributed by atoms with E-state index in [0.29, 0.717) is 12.2 Å². The predicted octanol–water partition coefficient (Wildman–Crippen LogP) is 1.34. The highest BCUT2D eigenvalue weighted by atomic mass is 32.1. The SMILES string of the molecule is C#CC(CC)NCc1csc(C(=O)O)n1. The van der Waals surface area contributed by atoms with Crippen LogP contribution in [0, 0.1) is 12.3 Å². The highest BCUT2D eigenvalue weighted by Gasteiger charge is 2.09. The average Bonchev–Trinajstić information content (AvgIpc) is 2.68. The lowest BCUT2D eigenvalue weighted by molar-refractivity contribution is 0.0696. The first-order valence-electron chi connectivity index (χ1n) is 4.54. The van der Waals surface area contributed by atoms with Gasteiger partial charge in [-0.15, -0.1) is 17.8 Å². The van der Waals surface area contributed by atoms with Crippen LogP contribution in [0.15, 0.2) is 5.38 Å². The minimum Gasteiger partial charge on any atom is -0.476 e. The lowest BCUT2D eigenvalue weighted by Crippen LogP contribution is -2.26. The molecule has 80 valence electrons. The molecule has 0 aliphatic carbocycles. The maximum Gasteiger partial charge on any atom is 0.365 e. The normalized spacial score (nSPS) is 12.0. The van der Waals surface area contributed by atoms with Crippen LogP contribution in [0.5, 0.6) is 0 Å². The lowest BCUT2D eigenvalue weighted by Gasteiger charge is -2.08. The molecule has 0 fully saturated rings. The van der Waals surface area contributed by atoms with E-state index < -0.39 is 5.97 Å². The van der Waals surface area contributed by atoms with Crippen LogP contribution in [-0.2, 0) is 6.54 Å². The zero-order valence-electron chi connectivity index (χ0n) is 8.36. The van der Waals surface area contributed by atoms with E-state index in [2.05, 4.69) is 16.2 Å². The Labute approximate surface area is 92.4 Å². The van der Waals surface area contributed by atoms with Gasteiger partial charge in [0.2, 0.25) is 5.01 Å². The molecule has 0 aliphatic heterocycles. The highest BCUT2D eigenvalue weighted by molar-refractivity contribution is 7.11. The number of aromatic nitrogens is 1. The van der Waals surface area contributed by atoms with E-state index in [9.17, 15) is 4.79 Å². The van der Waals surface area contributed by atoms with Gasteiger partial charge in [0.25, 0.3) is 0 Å². The van der Waals surface area contributed by atoms with Crippen molar-refractivity contribution in [1.29, 1.82) is 0 Å². The number of carboxylic acid groups (broad SMARTS) is 1. The lowest BCUT2D eigenvalue weighted by atomic mass is 10.2. The second-order valence-corrected chi connectivity index (χ2v) is 3.82. The zero-order valence-corrected chi connectivity index (χ0v) is 9.17. The third-order valence-electron chi connectivity index (χ3n) is 1.87. The Kier molecular flexibility index (Phi) is 4.28. The number of thiazole rings is 1. The van der Waals surface area contributed by atoms with Crippen molar-refractivity contribution >= 4 is 17.3 Å². The molecule has 0 amide bonds. The number of aromatic carboxylic acids is 1. The molecule has 1 heterocycles. The number of carbonyl (C=O) groups is 1. The second-order valence-electron chi connectivity index (χ2n) is 2.96. The molecular formula is C10H12N2O2S. The Morgan fingerprint density at radius 3 is 3.07 bits per heavy atom. The molecule has 0 radical (unpaired) electrons. The molecule has 1 atom stereocenters. The number of hydrogen-bond donors (Lipinski definition) is 2. The standard InChI is InChI=1S/C10H12N2O2S/c1-3-7(4-2)11-5-8-6-15-9(12-8)10(13)14/h1,6-7,11H,4-5H2,2H3,(H,13,14). The molecule has 2 N–H and O–H groups in total. The predicted molar refractivity (Wildman–Crippen MR) is 58.8 cm³/mol. The summed E-state index contributed by atoms with van der Waals surface area (Å²) in [6.07, 6.45) is 6.12. The van der Waals surface area contributed by atoms with Crippen molar-refractivity contribution < 1.29 is 9.90 Å². The molecule has 0 aromatic carbocycles. The summed E-state index contributed by atoms with van der Waals surface area (Å²) in [5, 5.41) is 13.6. The fraction of sp³-hybridized carbons (Fsp3) is 0.400. The Morgan fingerprint density at radius 1 is 1.87 bits per heavy atom. The van der Waals surface area contributed by atoms with E-state index in [1.165, 1.54) is 0 Å². The van der Waals surface area contributed by atoms with Crippen molar-refractivity contribution in [2.75, 3.05) is 0 Å². The maximum atomic E-state index is 10.6. The van der Waals surface area contributed by atoms with Crippen molar-refractivity contribution in [2.24, 2.45) is 0 Å². The molecular weight excluding hydrogens is 212 g/mol. The van der Waals surface area contributed by atoms with Crippen LogP contribution < -0.4 is 5.32 Å². The molecule has 15 heavy (non-hydrogen) atoms. The highest BCUT2D eigenvalue weighted by Crippen LogP contribution is 2.09. The molecule has 1 unspecified atom stereocenters. The van der Waals surface area contributed by atoms with Gasteiger partial charge in [0.1, 0.15) is 0 Å². The molecule has 1 aromatic rings. The van der Waals surface area contributed by atoms with E-state index in [4.69, 9.17) is 11.5 Å². The van der Waals surface area contributed by atoms with Crippen LogP contribution in [0.3, 0.4) is 0 Å². The topological polar surface area (TPSA) is 62.2 Å². The Morgan fingerprint density at radius 2 is 2.60 bits per heavy atom. The van der Waals surface area contributed by atoms with Gasteiger partial charge >= 0.3 is 5.97 Å². The van der Waals surface area contributed by atoms with Gasteiger partial charge in [0.15, 0.2) is 0 Å². The molecule has 5 heteroatoms. The number of nitrogens with zero attached hydrogens (tertiary/aromatic N) is 1. The van der Waals surface area contributed by atoms with Gasteiger partial charge in [-0.05, 0) is 6.42 Å². The first-order chi connectivity index (χ1) is 7.17. The molecule has 0 bridgehead atoms. The van der Waals surface area contributed by atoms with E-state index in [-0.39, 0.29) is 11.0 Å². The minimum absolute atomic E-state index is 0.0139. The first kappa shape index (κ1) is 11.7. The molecule has 4 nitrogen and oxygen atoms in total. The summed E-state index contributed by atoms with van der Waals surface area (Å²) >= 11 is 1.12. The number of nitrogens with one attached hydrogen (secondary N) is 1. The van der Waals surface area contributed by atoms with Gasteiger partial charge in [-0.2, -0.15) is 0 Å². The van der Waals surface area contributed by atoms with Crippen LogP contribution in [0.2, 0.25) is 0 Å². The van der Waals surface area contributed by atoms with E-state index >= 15 is 0 Å². The number of hydrogen-bond acceptors (Lipinski definition) is 4. The number of rotatable bonds is 5. The third-order valence-corrected chi connectivity index (χ3v) is 2.75. The van der Waals surface area contributed by atoms with E-state index in [0.717, 1.165) is 17.8 Å². The Hall–Kier alpha value is -1.38. The summed E-state index contributed by atoms with van der Waals surface area (Å²) in [7, 11) is 0. The molecule has 0 saturated heterocycles. The number of carboxylic acids is 1. The van der Waals surface area contributed by atoms with Gasteiger partial charge in [0, 0.05) is 11.9 Å². The summed E-state index contributed by atoms with van der Waals surface area (Å²) in [6.45, 7) is 2.49. The van der Waals surface area contributed by atoms with Crippen LogP contribution in [0.1, 0.15) is 28.8 Å². The average molecular weight is 224 g/mol. The van der Waals surface area contributed by atoms with Crippen molar-refractivity contribution in [3.05, 3.63) is 16.1 Å². The van der Waals surface area contributed by atoms with Gasteiger partial charge in [0.05, 0.1) is 11.7 Å². The van der Waals surface area contributed by atoms with Crippen LogP contribution in [0.25, 0.3) is 0 Å². The largest absolute Gasteiger partial charge is 0.476 e. The summed E-state index contributed by atoms with van der Waals surface area (Å²) in [5.41, 5.74) is 0.714. The van der Waals surface area contributed by atoms with Crippen LogP contribution in [0.4, 0.5) is 0 Å². The summed E-state index contributed by atoms with van der Waals surface area (Å²) in [4.78, 5) is 14.5. The van der Waals surface area contributed by atoms with Gasteiger partial charge in [-0.25, -0.2) is 9.78 Å². The maximum absolute atomic E-state index is 10.6. The summed E-state index contributed by atoms with van der Waals surface area (Å²) in [6, 6.07) is 0.0139. The van der Waals surface area contributed by atoms with E-state index in [1.54, 1.807) is 5.38 Å². The number of terminal acetylenes is 1. The van der Waals surface area contributed by atoms with Crippen LogP contribution >= 0.6 is 11.3 Å². The van der Waals surface area contributed by atoms with Gasteiger partial charge in [-0.3, -0.25) is 5.32 Å². The van der Waals surface area contributed by atoms with Crippen molar-refractivity contribution in [2.45, 2.75) is 25.9 Å². The smallest absolute Gasteiger partial charge is 0.365 e. The molecule has 0 aliphatic rings. The molecule has 1 aromatic heterocycles. The molecule has 1 rings (SSSR count).